The van der Waals surface area contributed by atoms with Gasteiger partial charge < -0.3 is 14.6 Å². The molecule has 0 unspecified atom stereocenters. The van der Waals surface area contributed by atoms with Crippen molar-refractivity contribution in [3.63, 3.8) is 0 Å². The van der Waals surface area contributed by atoms with E-state index in [-0.39, 0.29) is 22.8 Å². The van der Waals surface area contributed by atoms with Gasteiger partial charge in [-0.3, -0.25) is 9.59 Å². The first-order valence-corrected chi connectivity index (χ1v) is 6.47. The summed E-state index contributed by atoms with van der Waals surface area (Å²) in [6.45, 7) is 0. The molecular formula is C14H8F3N3O4. The van der Waals surface area contributed by atoms with E-state index in [1.807, 2.05) is 0 Å². The molecule has 1 heterocycles. The molecule has 0 saturated carbocycles. The van der Waals surface area contributed by atoms with Crippen molar-refractivity contribution in [2.75, 3.05) is 12.4 Å². The normalized spacial score (nSPS) is 11.7. The first-order chi connectivity index (χ1) is 11.3. The quantitative estimate of drug-likeness (QED) is 0.727. The summed E-state index contributed by atoms with van der Waals surface area (Å²) >= 11 is 0. The van der Waals surface area contributed by atoms with E-state index in [1.165, 1.54) is 31.4 Å². The minimum absolute atomic E-state index is 0.0224. The fraction of sp³-hybridized carbons (Fsp3) is 0.143. The lowest BCUT2D eigenvalue weighted by atomic mass is 10.1. The van der Waals surface area contributed by atoms with Crippen molar-refractivity contribution in [3.05, 3.63) is 50.6 Å². The zero-order valence-corrected chi connectivity index (χ0v) is 12.0. The van der Waals surface area contributed by atoms with E-state index in [0.29, 0.717) is 5.69 Å². The monoisotopic (exact) mass is 339 g/mol. The van der Waals surface area contributed by atoms with Gasteiger partial charge in [0, 0.05) is 11.3 Å². The Kier molecular flexibility index (Phi) is 3.59. The number of benzene rings is 1. The summed E-state index contributed by atoms with van der Waals surface area (Å²) in [4.78, 5) is 25.9. The number of aromatic nitrogens is 2. The maximum atomic E-state index is 12.4. The third-order valence-electron chi connectivity index (χ3n) is 3.15. The number of hydrogen-bond donors (Lipinski definition) is 1. The van der Waals surface area contributed by atoms with Crippen molar-refractivity contribution in [1.82, 2.24) is 10.1 Å². The Hall–Kier alpha value is -3.17. The molecule has 1 N–H and O–H groups in total. The molecule has 7 nitrogen and oxygen atoms in total. The summed E-state index contributed by atoms with van der Waals surface area (Å²) in [7, 11) is 1.26. The van der Waals surface area contributed by atoms with Gasteiger partial charge in [-0.05, 0) is 24.3 Å². The van der Waals surface area contributed by atoms with Gasteiger partial charge in [-0.15, -0.1) is 0 Å². The first kappa shape index (κ1) is 15.7. The van der Waals surface area contributed by atoms with Crippen LogP contribution >= 0.6 is 0 Å². The molecule has 0 saturated heterocycles. The average molecular weight is 339 g/mol. The summed E-state index contributed by atoms with van der Waals surface area (Å²) in [6.07, 6.45) is -4.72. The highest BCUT2D eigenvalue weighted by Gasteiger charge is 2.38. The van der Waals surface area contributed by atoms with Crippen molar-refractivity contribution in [3.8, 4) is 17.1 Å². The molecule has 0 spiro atoms. The molecule has 0 aliphatic carbocycles. The standard InChI is InChI=1S/C14H8F3N3O4/c1-23-11-8(9(21)10(11)22)18-7-4-2-6(3-5-7)12-19-13(24-20-12)14(15,16)17/h2-5,18H,1H3. The highest BCUT2D eigenvalue weighted by Crippen LogP contribution is 2.30. The van der Waals surface area contributed by atoms with Crippen molar-refractivity contribution in [2.24, 2.45) is 0 Å². The number of nitrogens with one attached hydrogen (secondary N) is 1. The Balaban J connectivity index is 1.81. The largest absolute Gasteiger partial charge is 0.491 e. The van der Waals surface area contributed by atoms with E-state index in [9.17, 15) is 22.8 Å². The van der Waals surface area contributed by atoms with Crippen LogP contribution in [0.15, 0.2) is 38.4 Å². The summed E-state index contributed by atoms with van der Waals surface area (Å²) in [5.74, 6) is -1.73. The minimum atomic E-state index is -4.72. The van der Waals surface area contributed by atoms with Crippen LogP contribution in [-0.4, -0.2) is 17.3 Å². The Morgan fingerprint density at radius 2 is 1.79 bits per heavy atom. The summed E-state index contributed by atoms with van der Waals surface area (Å²) in [5.41, 5.74) is -0.679. The zero-order valence-electron chi connectivity index (χ0n) is 12.0. The van der Waals surface area contributed by atoms with Gasteiger partial charge in [-0.25, -0.2) is 0 Å². The van der Waals surface area contributed by atoms with E-state index in [1.54, 1.807) is 0 Å². The Morgan fingerprint density at radius 3 is 2.33 bits per heavy atom. The molecule has 0 fully saturated rings. The van der Waals surface area contributed by atoms with Gasteiger partial charge in [0.2, 0.25) is 5.82 Å². The Bertz CT molecular complexity index is 953. The van der Waals surface area contributed by atoms with Crippen molar-refractivity contribution in [1.29, 1.82) is 0 Å². The van der Waals surface area contributed by atoms with Crippen molar-refractivity contribution in [2.45, 2.75) is 6.18 Å². The van der Waals surface area contributed by atoms with Crippen molar-refractivity contribution < 1.29 is 22.4 Å². The molecule has 10 heteroatoms. The second-order valence-corrected chi connectivity index (χ2v) is 4.69. The molecule has 1 aromatic heterocycles. The third-order valence-corrected chi connectivity index (χ3v) is 3.15. The first-order valence-electron chi connectivity index (χ1n) is 6.47. The second kappa shape index (κ2) is 5.48. The highest BCUT2D eigenvalue weighted by molar-refractivity contribution is 5.71. The summed E-state index contributed by atoms with van der Waals surface area (Å²) in [6, 6.07) is 5.83. The lowest BCUT2D eigenvalue weighted by Gasteiger charge is -2.11. The molecule has 124 valence electrons. The van der Waals surface area contributed by atoms with Crippen LogP contribution in [-0.2, 0) is 6.18 Å². The van der Waals surface area contributed by atoms with Crippen LogP contribution in [0.2, 0.25) is 0 Å². The average Bonchev–Trinajstić information content (AvgIpc) is 3.05. The number of rotatable bonds is 4. The van der Waals surface area contributed by atoms with Crippen LogP contribution in [0.25, 0.3) is 11.4 Å². The molecule has 3 aromatic rings. The van der Waals surface area contributed by atoms with Crippen LogP contribution in [0.1, 0.15) is 5.89 Å². The lowest BCUT2D eigenvalue weighted by molar-refractivity contribution is -0.159. The molecule has 0 aliphatic heterocycles. The van der Waals surface area contributed by atoms with Crippen LogP contribution in [0, 0.1) is 0 Å². The number of anilines is 2. The van der Waals surface area contributed by atoms with Crippen LogP contribution in [0.5, 0.6) is 5.75 Å². The van der Waals surface area contributed by atoms with E-state index in [4.69, 9.17) is 4.74 Å². The molecule has 24 heavy (non-hydrogen) atoms. The van der Waals surface area contributed by atoms with Crippen LogP contribution in [0.4, 0.5) is 24.5 Å². The summed E-state index contributed by atoms with van der Waals surface area (Å²) < 4.78 is 46.2. The highest BCUT2D eigenvalue weighted by atomic mass is 19.4. The van der Waals surface area contributed by atoms with Gasteiger partial charge >= 0.3 is 12.1 Å². The molecule has 0 atom stereocenters. The maximum Gasteiger partial charge on any atom is 0.471 e. The Morgan fingerprint density at radius 1 is 1.12 bits per heavy atom. The van der Waals surface area contributed by atoms with Crippen LogP contribution in [0.3, 0.4) is 0 Å². The molecular weight excluding hydrogens is 331 g/mol. The number of hydrogen-bond acceptors (Lipinski definition) is 7. The van der Waals surface area contributed by atoms with E-state index in [0.717, 1.165) is 0 Å². The van der Waals surface area contributed by atoms with E-state index >= 15 is 0 Å². The SMILES string of the molecule is COc1c(Nc2ccc(-c3noc(C(F)(F)F)n3)cc2)c(=O)c1=O. The van der Waals surface area contributed by atoms with Crippen molar-refractivity contribution >= 4 is 11.4 Å². The van der Waals surface area contributed by atoms with Gasteiger partial charge in [0.05, 0.1) is 7.11 Å². The number of alkyl halides is 3. The predicted octanol–water partition coefficient (Wildman–Crippen LogP) is 2.10. The van der Waals surface area contributed by atoms with Gasteiger partial charge in [0.25, 0.3) is 10.9 Å². The molecule has 0 amide bonds. The summed E-state index contributed by atoms with van der Waals surface area (Å²) in [5, 5.41) is 5.97. The van der Waals surface area contributed by atoms with Gasteiger partial charge in [0.1, 0.15) is 5.69 Å². The van der Waals surface area contributed by atoms with Gasteiger partial charge in [-0.2, -0.15) is 18.2 Å². The zero-order chi connectivity index (χ0) is 17.5. The molecule has 0 bridgehead atoms. The molecule has 0 aliphatic rings. The van der Waals surface area contributed by atoms with Gasteiger partial charge in [-0.1, -0.05) is 5.16 Å². The molecule has 0 radical (unpaired) electrons. The minimum Gasteiger partial charge on any atom is -0.491 e. The number of methoxy groups -OCH3 is 1. The maximum absolute atomic E-state index is 12.4. The van der Waals surface area contributed by atoms with E-state index in [2.05, 4.69) is 20.0 Å². The Labute approximate surface area is 131 Å². The third kappa shape index (κ3) is 2.62. The van der Waals surface area contributed by atoms with Gasteiger partial charge in [0.15, 0.2) is 5.75 Å². The van der Waals surface area contributed by atoms with E-state index < -0.39 is 22.9 Å². The fourth-order valence-electron chi connectivity index (χ4n) is 1.98. The molecule has 2 aromatic carbocycles. The number of halogens is 3. The van der Waals surface area contributed by atoms with Crippen LogP contribution < -0.4 is 20.9 Å². The molecule has 3 rings (SSSR count). The predicted molar refractivity (Wildman–Crippen MR) is 75.9 cm³/mol. The number of ether oxygens (including phenoxy) is 1. The fourth-order valence-corrected chi connectivity index (χ4v) is 1.98. The second-order valence-electron chi connectivity index (χ2n) is 4.69. The topological polar surface area (TPSA) is 94.3 Å². The number of nitrogens with zero attached hydrogens (tertiary/aromatic N) is 2. The smallest absolute Gasteiger partial charge is 0.471 e. The lowest BCUT2D eigenvalue weighted by Crippen LogP contribution is -2.34.